The topological polar surface area (TPSA) is 48.9 Å². The van der Waals surface area contributed by atoms with E-state index < -0.39 is 0 Å². The zero-order valence-corrected chi connectivity index (χ0v) is 20.0. The van der Waals surface area contributed by atoms with Crippen molar-refractivity contribution in [1.29, 1.82) is 0 Å². The van der Waals surface area contributed by atoms with Crippen LogP contribution >= 0.6 is 11.3 Å². The number of hydrogen-bond acceptors (Lipinski definition) is 6. The highest BCUT2D eigenvalue weighted by Gasteiger charge is 2.22. The number of amides is 1. The van der Waals surface area contributed by atoms with Crippen molar-refractivity contribution in [3.05, 3.63) is 53.6 Å². The van der Waals surface area contributed by atoms with E-state index in [4.69, 9.17) is 9.72 Å². The van der Waals surface area contributed by atoms with Crippen molar-refractivity contribution < 1.29 is 9.53 Å². The molecule has 1 saturated heterocycles. The number of benzene rings is 2. The van der Waals surface area contributed by atoms with Gasteiger partial charge in [-0.2, -0.15) is 0 Å². The number of rotatable bonds is 8. The molecule has 2 heterocycles. The number of carbonyl (C=O) groups is 1. The summed E-state index contributed by atoms with van der Waals surface area (Å²) in [6.07, 6.45) is 1.89. The quantitative estimate of drug-likeness (QED) is 0.510. The van der Waals surface area contributed by atoms with Gasteiger partial charge in [0.2, 0.25) is 0 Å². The summed E-state index contributed by atoms with van der Waals surface area (Å²) in [5.41, 5.74) is 4.01. The second-order valence-electron chi connectivity index (χ2n) is 8.36. The fourth-order valence-corrected chi connectivity index (χ4v) is 4.97. The lowest BCUT2D eigenvalue weighted by molar-refractivity contribution is 0.0376. The lowest BCUT2D eigenvalue weighted by atomic mass is 10.1. The van der Waals surface area contributed by atoms with Crippen molar-refractivity contribution in [2.75, 3.05) is 63.3 Å². The Hall–Kier alpha value is -2.48. The summed E-state index contributed by atoms with van der Waals surface area (Å²) in [6.45, 7) is 7.25. The van der Waals surface area contributed by atoms with Gasteiger partial charge in [-0.3, -0.25) is 14.6 Å². The number of ether oxygens (including phenoxy) is 1. The smallest absolute Gasteiger partial charge is 0.260 e. The van der Waals surface area contributed by atoms with Crippen LogP contribution in [0.15, 0.2) is 42.5 Å². The van der Waals surface area contributed by atoms with Crippen LogP contribution in [-0.2, 0) is 11.2 Å². The lowest BCUT2D eigenvalue weighted by Gasteiger charge is -2.27. The normalized spacial score (nSPS) is 14.6. The Kier molecular flexibility index (Phi) is 7.40. The Labute approximate surface area is 194 Å². The van der Waals surface area contributed by atoms with Gasteiger partial charge in [0, 0.05) is 51.5 Å². The molecule has 0 atom stereocenters. The van der Waals surface area contributed by atoms with Gasteiger partial charge in [0.15, 0.2) is 5.13 Å². The Bertz CT molecular complexity index is 1040. The van der Waals surface area contributed by atoms with Crippen LogP contribution in [0.2, 0.25) is 0 Å². The minimum absolute atomic E-state index is 0.00653. The van der Waals surface area contributed by atoms with Crippen molar-refractivity contribution in [3.8, 4) is 0 Å². The standard InChI is InChI=1S/C25H32N4O2S/c1-4-19-6-11-22-23(18-19)32-25(26-22)29(13-5-12-28-14-16-31-17-15-28)24(30)20-7-9-21(10-8-20)27(2)3/h6-11,18H,4-5,12-17H2,1-3H3. The first kappa shape index (κ1) is 22.7. The molecular formula is C25H32N4O2S. The Morgan fingerprint density at radius 1 is 1.12 bits per heavy atom. The molecular weight excluding hydrogens is 420 g/mol. The number of aryl methyl sites for hydroxylation is 1. The molecule has 0 spiro atoms. The molecule has 6 nitrogen and oxygen atoms in total. The second-order valence-corrected chi connectivity index (χ2v) is 9.37. The maximum atomic E-state index is 13.6. The second kappa shape index (κ2) is 10.4. The maximum Gasteiger partial charge on any atom is 0.260 e. The number of aromatic nitrogens is 1. The lowest BCUT2D eigenvalue weighted by Crippen LogP contribution is -2.39. The van der Waals surface area contributed by atoms with E-state index in [-0.39, 0.29) is 5.91 Å². The van der Waals surface area contributed by atoms with Gasteiger partial charge in [-0.05, 0) is 54.8 Å². The van der Waals surface area contributed by atoms with E-state index >= 15 is 0 Å². The molecule has 1 fully saturated rings. The van der Waals surface area contributed by atoms with E-state index in [1.807, 2.05) is 48.2 Å². The minimum atomic E-state index is 0.00653. The molecule has 0 N–H and O–H groups in total. The highest BCUT2D eigenvalue weighted by atomic mass is 32.1. The molecule has 32 heavy (non-hydrogen) atoms. The number of thiazole rings is 1. The number of hydrogen-bond donors (Lipinski definition) is 0. The van der Waals surface area contributed by atoms with Crippen molar-refractivity contribution in [3.63, 3.8) is 0 Å². The van der Waals surface area contributed by atoms with E-state index in [1.165, 1.54) is 5.56 Å². The molecule has 1 aliphatic rings. The third kappa shape index (κ3) is 5.28. The van der Waals surface area contributed by atoms with Gasteiger partial charge in [-0.1, -0.05) is 24.3 Å². The van der Waals surface area contributed by atoms with E-state index in [0.29, 0.717) is 12.1 Å². The molecule has 3 aromatic rings. The zero-order valence-electron chi connectivity index (χ0n) is 19.2. The van der Waals surface area contributed by atoms with Gasteiger partial charge in [0.05, 0.1) is 23.4 Å². The third-order valence-corrected chi connectivity index (χ3v) is 6.96. The molecule has 2 aromatic carbocycles. The molecule has 1 aromatic heterocycles. The average Bonchev–Trinajstić information content (AvgIpc) is 3.25. The number of morpholine rings is 1. The van der Waals surface area contributed by atoms with Crippen LogP contribution in [0.4, 0.5) is 10.8 Å². The van der Waals surface area contributed by atoms with E-state index in [2.05, 4.69) is 30.0 Å². The summed E-state index contributed by atoms with van der Waals surface area (Å²) < 4.78 is 6.59. The van der Waals surface area contributed by atoms with E-state index in [0.717, 1.165) is 66.7 Å². The van der Waals surface area contributed by atoms with Crippen molar-refractivity contribution in [2.45, 2.75) is 19.8 Å². The minimum Gasteiger partial charge on any atom is -0.379 e. The molecule has 0 aliphatic carbocycles. The number of nitrogens with zero attached hydrogens (tertiary/aromatic N) is 4. The van der Waals surface area contributed by atoms with Gasteiger partial charge < -0.3 is 9.64 Å². The summed E-state index contributed by atoms with van der Waals surface area (Å²) in [6, 6.07) is 14.2. The molecule has 7 heteroatoms. The average molecular weight is 453 g/mol. The Balaban J connectivity index is 1.57. The number of carbonyl (C=O) groups excluding carboxylic acids is 1. The molecule has 0 radical (unpaired) electrons. The Morgan fingerprint density at radius 3 is 2.56 bits per heavy atom. The van der Waals surface area contributed by atoms with Crippen LogP contribution in [-0.4, -0.2) is 69.3 Å². The van der Waals surface area contributed by atoms with Crippen LogP contribution in [0.1, 0.15) is 29.3 Å². The highest BCUT2D eigenvalue weighted by molar-refractivity contribution is 7.22. The molecule has 4 rings (SSSR count). The molecule has 0 saturated carbocycles. The third-order valence-electron chi connectivity index (χ3n) is 5.92. The predicted molar refractivity (Wildman–Crippen MR) is 133 cm³/mol. The fourth-order valence-electron chi connectivity index (χ4n) is 3.91. The predicted octanol–water partition coefficient (Wildman–Crippen LogP) is 4.29. The zero-order chi connectivity index (χ0) is 22.5. The SMILES string of the molecule is CCc1ccc2nc(N(CCCN3CCOCC3)C(=O)c3ccc(N(C)C)cc3)sc2c1. The molecule has 0 unspecified atom stereocenters. The largest absolute Gasteiger partial charge is 0.379 e. The van der Waals surface area contributed by atoms with Crippen molar-refractivity contribution >= 4 is 38.3 Å². The Morgan fingerprint density at radius 2 is 1.88 bits per heavy atom. The van der Waals surface area contributed by atoms with Crippen LogP contribution in [0.5, 0.6) is 0 Å². The fraction of sp³-hybridized carbons (Fsp3) is 0.440. The number of anilines is 2. The van der Waals surface area contributed by atoms with Gasteiger partial charge in [-0.15, -0.1) is 0 Å². The van der Waals surface area contributed by atoms with Crippen LogP contribution in [0, 0.1) is 0 Å². The first-order chi connectivity index (χ1) is 15.5. The van der Waals surface area contributed by atoms with Gasteiger partial charge in [0.1, 0.15) is 0 Å². The molecule has 1 amide bonds. The van der Waals surface area contributed by atoms with Crippen LogP contribution in [0.3, 0.4) is 0 Å². The van der Waals surface area contributed by atoms with Gasteiger partial charge in [0.25, 0.3) is 5.91 Å². The van der Waals surface area contributed by atoms with E-state index in [1.54, 1.807) is 11.3 Å². The molecule has 1 aliphatic heterocycles. The highest BCUT2D eigenvalue weighted by Crippen LogP contribution is 2.31. The van der Waals surface area contributed by atoms with E-state index in [9.17, 15) is 4.79 Å². The first-order valence-corrected chi connectivity index (χ1v) is 12.2. The summed E-state index contributed by atoms with van der Waals surface area (Å²) in [7, 11) is 4.00. The summed E-state index contributed by atoms with van der Waals surface area (Å²) in [4.78, 5) is 24.7. The summed E-state index contributed by atoms with van der Waals surface area (Å²) in [5, 5.41) is 0.775. The maximum absolute atomic E-state index is 13.6. The summed E-state index contributed by atoms with van der Waals surface area (Å²) in [5.74, 6) is 0.00653. The van der Waals surface area contributed by atoms with Crippen molar-refractivity contribution in [1.82, 2.24) is 9.88 Å². The summed E-state index contributed by atoms with van der Waals surface area (Å²) >= 11 is 1.60. The van der Waals surface area contributed by atoms with Crippen molar-refractivity contribution in [2.24, 2.45) is 0 Å². The number of fused-ring (bicyclic) bond motifs is 1. The van der Waals surface area contributed by atoms with Gasteiger partial charge in [-0.25, -0.2) is 4.98 Å². The van der Waals surface area contributed by atoms with Gasteiger partial charge >= 0.3 is 0 Å². The molecule has 0 bridgehead atoms. The van der Waals surface area contributed by atoms with Crippen LogP contribution in [0.25, 0.3) is 10.2 Å². The first-order valence-electron chi connectivity index (χ1n) is 11.3. The monoisotopic (exact) mass is 452 g/mol. The van der Waals surface area contributed by atoms with Crippen LogP contribution < -0.4 is 9.80 Å². The molecule has 170 valence electrons.